The van der Waals surface area contributed by atoms with Crippen molar-refractivity contribution in [3.8, 4) is 28.3 Å². The minimum absolute atomic E-state index is 0.654. The van der Waals surface area contributed by atoms with Crippen molar-refractivity contribution >= 4 is 23.1 Å². The molecule has 224 valence electrons. The number of fused-ring (bicyclic) bond motifs is 6. The minimum Gasteiger partial charge on any atom is -0.367 e. The number of benzene rings is 4. The Morgan fingerprint density at radius 3 is 1.59 bits per heavy atom. The standard InChI is InChI=1S/C19H19N3.C19H22N2S/c20-13-14-1-3-15(4-2-14)16-5-6-19-17(11-16)12-18-7-8-21-9-10-22(18)19;1-22-18-5-2-14(3-6-18)15-4-7-19-16(12-15)13-17-8-9-20-10-11-21(17)19/h1-6,11,18,21H,7-10,12H2;2-7,12,17,20H,8-11,13H2,1H3. The van der Waals surface area contributed by atoms with Gasteiger partial charge in [0, 0.05) is 54.5 Å². The first-order chi connectivity index (χ1) is 21.7. The molecule has 0 radical (unpaired) electrons. The molecule has 4 aliphatic heterocycles. The Kier molecular flexibility index (Phi) is 8.61. The Balaban J connectivity index is 0.000000142. The molecule has 4 aromatic carbocycles. The number of nitrogens with zero attached hydrogens (tertiary/aromatic N) is 3. The SMILES string of the molecule is CSc1ccc(-c2ccc3c(c2)CC2CCNCCN32)cc1.N#Cc1ccc(-c2ccc3c(c2)CC2CCNCCN32)cc1. The van der Waals surface area contributed by atoms with Crippen LogP contribution in [0.15, 0.2) is 89.8 Å². The van der Waals surface area contributed by atoms with Gasteiger partial charge in [-0.15, -0.1) is 11.8 Å². The van der Waals surface area contributed by atoms with Gasteiger partial charge in [-0.05, 0) is 127 Å². The number of thioether (sulfide) groups is 1. The molecule has 8 rings (SSSR count). The first kappa shape index (κ1) is 29.0. The Hall–Kier alpha value is -3.76. The molecule has 2 N–H and O–H groups in total. The number of hydrogen-bond donors (Lipinski definition) is 2. The highest BCUT2D eigenvalue weighted by atomic mass is 32.2. The molecule has 0 amide bonds. The highest BCUT2D eigenvalue weighted by Crippen LogP contribution is 2.38. The summed E-state index contributed by atoms with van der Waals surface area (Å²) in [5.41, 5.74) is 11.7. The second kappa shape index (κ2) is 13.1. The summed E-state index contributed by atoms with van der Waals surface area (Å²) >= 11 is 1.80. The third-order valence-electron chi connectivity index (χ3n) is 9.71. The molecule has 6 heteroatoms. The Labute approximate surface area is 266 Å². The van der Waals surface area contributed by atoms with Gasteiger partial charge in [0.15, 0.2) is 0 Å². The van der Waals surface area contributed by atoms with Gasteiger partial charge in [0.05, 0.1) is 11.6 Å². The van der Waals surface area contributed by atoms with Crippen LogP contribution >= 0.6 is 11.8 Å². The molecule has 2 saturated heterocycles. The van der Waals surface area contributed by atoms with E-state index >= 15 is 0 Å². The van der Waals surface area contributed by atoms with Crippen molar-refractivity contribution in [2.24, 2.45) is 0 Å². The summed E-state index contributed by atoms with van der Waals surface area (Å²) in [6.07, 6.45) is 6.96. The van der Waals surface area contributed by atoms with Gasteiger partial charge in [-0.2, -0.15) is 5.26 Å². The van der Waals surface area contributed by atoms with E-state index in [4.69, 9.17) is 5.26 Å². The zero-order valence-corrected chi connectivity index (χ0v) is 26.4. The predicted octanol–water partition coefficient (Wildman–Crippen LogP) is 6.75. The molecular weight excluding hydrogens is 559 g/mol. The summed E-state index contributed by atoms with van der Waals surface area (Å²) in [5.74, 6) is 0. The molecule has 0 spiro atoms. The van der Waals surface area contributed by atoms with Crippen molar-refractivity contribution < 1.29 is 0 Å². The Morgan fingerprint density at radius 1 is 0.636 bits per heavy atom. The van der Waals surface area contributed by atoms with Crippen LogP contribution in [0.4, 0.5) is 11.4 Å². The average Bonchev–Trinajstić information content (AvgIpc) is 3.37. The van der Waals surface area contributed by atoms with Crippen LogP contribution in [0.25, 0.3) is 22.3 Å². The summed E-state index contributed by atoms with van der Waals surface area (Å²) in [5, 5.41) is 15.9. The molecule has 4 heterocycles. The highest BCUT2D eigenvalue weighted by Gasteiger charge is 2.31. The summed E-state index contributed by atoms with van der Waals surface area (Å²) in [6, 6.07) is 34.1. The zero-order valence-electron chi connectivity index (χ0n) is 25.6. The van der Waals surface area contributed by atoms with E-state index in [1.807, 2.05) is 24.3 Å². The van der Waals surface area contributed by atoms with E-state index in [1.54, 1.807) is 11.8 Å². The number of anilines is 2. The van der Waals surface area contributed by atoms with E-state index < -0.39 is 0 Å². The van der Waals surface area contributed by atoms with E-state index in [0.29, 0.717) is 17.6 Å². The van der Waals surface area contributed by atoms with E-state index in [1.165, 1.54) is 68.9 Å². The molecule has 2 unspecified atom stereocenters. The van der Waals surface area contributed by atoms with Gasteiger partial charge in [0.25, 0.3) is 0 Å². The fourth-order valence-corrected chi connectivity index (χ4v) is 7.78. The summed E-state index contributed by atoms with van der Waals surface area (Å²) < 4.78 is 0. The van der Waals surface area contributed by atoms with Crippen molar-refractivity contribution in [3.63, 3.8) is 0 Å². The van der Waals surface area contributed by atoms with Crippen molar-refractivity contribution in [2.45, 2.75) is 42.7 Å². The van der Waals surface area contributed by atoms with E-state index in [9.17, 15) is 0 Å². The third kappa shape index (κ3) is 5.97. The van der Waals surface area contributed by atoms with Crippen LogP contribution in [0, 0.1) is 11.3 Å². The lowest BCUT2D eigenvalue weighted by molar-refractivity contribution is 0.612. The fourth-order valence-electron chi connectivity index (χ4n) is 7.37. The molecule has 0 aromatic heterocycles. The second-order valence-corrected chi connectivity index (χ2v) is 13.2. The molecule has 44 heavy (non-hydrogen) atoms. The normalized spacial score (nSPS) is 20.2. The first-order valence-corrected chi connectivity index (χ1v) is 17.3. The predicted molar refractivity (Wildman–Crippen MR) is 185 cm³/mol. The van der Waals surface area contributed by atoms with Crippen LogP contribution in [0.5, 0.6) is 0 Å². The van der Waals surface area contributed by atoms with Crippen LogP contribution in [0.1, 0.15) is 29.5 Å². The molecule has 4 aliphatic rings. The van der Waals surface area contributed by atoms with Crippen molar-refractivity contribution in [2.75, 3.05) is 55.3 Å². The highest BCUT2D eigenvalue weighted by molar-refractivity contribution is 7.98. The lowest BCUT2D eigenvalue weighted by atomic mass is 10.00. The largest absolute Gasteiger partial charge is 0.367 e. The summed E-state index contributed by atoms with van der Waals surface area (Å²) in [4.78, 5) is 6.50. The van der Waals surface area contributed by atoms with Gasteiger partial charge in [-0.3, -0.25) is 0 Å². The van der Waals surface area contributed by atoms with E-state index in [0.717, 1.165) is 45.7 Å². The topological polar surface area (TPSA) is 54.3 Å². The number of rotatable bonds is 3. The van der Waals surface area contributed by atoms with Gasteiger partial charge in [-0.1, -0.05) is 36.4 Å². The Bertz CT molecular complexity index is 1640. The zero-order chi connectivity index (χ0) is 29.9. The van der Waals surface area contributed by atoms with Gasteiger partial charge in [-0.25, -0.2) is 0 Å². The van der Waals surface area contributed by atoms with Crippen LogP contribution in [0.2, 0.25) is 0 Å². The minimum atomic E-state index is 0.654. The molecule has 0 aliphatic carbocycles. The maximum Gasteiger partial charge on any atom is 0.0991 e. The van der Waals surface area contributed by atoms with Crippen LogP contribution < -0.4 is 20.4 Å². The molecule has 0 bridgehead atoms. The van der Waals surface area contributed by atoms with Crippen LogP contribution in [-0.2, 0) is 12.8 Å². The Morgan fingerprint density at radius 2 is 1.11 bits per heavy atom. The molecule has 2 atom stereocenters. The maximum atomic E-state index is 8.91. The number of hydrogen-bond acceptors (Lipinski definition) is 6. The van der Waals surface area contributed by atoms with Gasteiger partial charge >= 0.3 is 0 Å². The van der Waals surface area contributed by atoms with Gasteiger partial charge in [0.1, 0.15) is 0 Å². The van der Waals surface area contributed by atoms with E-state index in [-0.39, 0.29) is 0 Å². The maximum absolute atomic E-state index is 8.91. The van der Waals surface area contributed by atoms with Gasteiger partial charge in [0.2, 0.25) is 0 Å². The van der Waals surface area contributed by atoms with Crippen molar-refractivity contribution in [1.82, 2.24) is 10.6 Å². The summed E-state index contributed by atoms with van der Waals surface area (Å²) in [7, 11) is 0. The second-order valence-electron chi connectivity index (χ2n) is 12.3. The van der Waals surface area contributed by atoms with Gasteiger partial charge < -0.3 is 20.4 Å². The summed E-state index contributed by atoms with van der Waals surface area (Å²) in [6.45, 7) is 6.70. The van der Waals surface area contributed by atoms with E-state index in [2.05, 4.69) is 93.4 Å². The number of nitrogens with one attached hydrogen (secondary N) is 2. The number of nitriles is 1. The first-order valence-electron chi connectivity index (χ1n) is 16.1. The van der Waals surface area contributed by atoms with Crippen molar-refractivity contribution in [1.29, 1.82) is 5.26 Å². The molecule has 2 fully saturated rings. The quantitative estimate of drug-likeness (QED) is 0.254. The average molecular weight is 600 g/mol. The van der Waals surface area contributed by atoms with Crippen LogP contribution in [0.3, 0.4) is 0 Å². The van der Waals surface area contributed by atoms with Crippen molar-refractivity contribution in [3.05, 3.63) is 102 Å². The lowest BCUT2D eigenvalue weighted by Gasteiger charge is -2.24. The lowest BCUT2D eigenvalue weighted by Crippen LogP contribution is -2.32. The van der Waals surface area contributed by atoms with Crippen LogP contribution in [-0.4, -0.2) is 57.6 Å². The fraction of sp³-hybridized carbons (Fsp3) is 0.342. The monoisotopic (exact) mass is 599 g/mol. The molecular formula is C38H41N5S. The third-order valence-corrected chi connectivity index (χ3v) is 10.5. The molecule has 5 nitrogen and oxygen atoms in total. The molecule has 0 saturated carbocycles. The molecule has 4 aromatic rings. The smallest absolute Gasteiger partial charge is 0.0991 e.